The number of carbonyl (C=O) groups is 1. The summed E-state index contributed by atoms with van der Waals surface area (Å²) in [5.74, 6) is -0.324. The Balaban J connectivity index is 2.51. The fourth-order valence-corrected chi connectivity index (χ4v) is 1.77. The van der Waals surface area contributed by atoms with Gasteiger partial charge < -0.3 is 15.8 Å². The molecule has 4 heteroatoms. The summed E-state index contributed by atoms with van der Waals surface area (Å²) < 4.78 is 4.76. The molecule has 1 aromatic carbocycles. The van der Waals surface area contributed by atoms with Crippen molar-refractivity contribution in [3.8, 4) is 0 Å². The maximum absolute atomic E-state index is 11.6. The summed E-state index contributed by atoms with van der Waals surface area (Å²) in [6.45, 7) is 4.30. The molecule has 1 atom stereocenters. The lowest BCUT2D eigenvalue weighted by molar-refractivity contribution is -0.144. The Hall–Kier alpha value is -1.39. The van der Waals surface area contributed by atoms with Gasteiger partial charge in [0.25, 0.3) is 0 Å². The van der Waals surface area contributed by atoms with Crippen LogP contribution in [0.1, 0.15) is 19.4 Å². The summed E-state index contributed by atoms with van der Waals surface area (Å²) in [6.07, 6.45) is 0.852. The van der Waals surface area contributed by atoms with Crippen LogP contribution in [-0.4, -0.2) is 31.2 Å². The highest BCUT2D eigenvalue weighted by molar-refractivity contribution is 5.77. The van der Waals surface area contributed by atoms with Gasteiger partial charge in [-0.05, 0) is 25.8 Å². The summed E-state index contributed by atoms with van der Waals surface area (Å²) in [5, 5.41) is 3.16. The first kappa shape index (κ1) is 14.7. The van der Waals surface area contributed by atoms with Crippen LogP contribution in [0.25, 0.3) is 0 Å². The van der Waals surface area contributed by atoms with Gasteiger partial charge in [0.2, 0.25) is 0 Å². The van der Waals surface area contributed by atoms with E-state index >= 15 is 0 Å². The topological polar surface area (TPSA) is 64.3 Å². The van der Waals surface area contributed by atoms with Crippen LogP contribution in [0.5, 0.6) is 0 Å². The molecule has 0 radical (unpaired) electrons. The molecule has 0 aliphatic carbocycles. The van der Waals surface area contributed by atoms with Crippen molar-refractivity contribution in [2.75, 3.05) is 13.7 Å². The Bertz CT molecular complexity index is 371. The van der Waals surface area contributed by atoms with E-state index in [4.69, 9.17) is 10.5 Å². The zero-order valence-corrected chi connectivity index (χ0v) is 11.3. The average Bonchev–Trinajstić information content (AvgIpc) is 2.33. The van der Waals surface area contributed by atoms with Crippen molar-refractivity contribution in [3.05, 3.63) is 35.9 Å². The Morgan fingerprint density at radius 2 is 2.00 bits per heavy atom. The van der Waals surface area contributed by atoms with Crippen molar-refractivity contribution in [1.29, 1.82) is 0 Å². The lowest BCUT2D eigenvalue weighted by Crippen LogP contribution is -2.58. The zero-order chi connectivity index (χ0) is 13.6. The number of nitrogens with one attached hydrogen (secondary N) is 1. The molecular formula is C14H22N2O2. The fraction of sp³-hybridized carbons (Fsp3) is 0.500. The summed E-state index contributed by atoms with van der Waals surface area (Å²) in [7, 11) is 1.37. The van der Waals surface area contributed by atoms with Gasteiger partial charge in [0, 0.05) is 12.1 Å². The molecule has 0 heterocycles. The number of carbonyl (C=O) groups excluding carboxylic acids is 1. The summed E-state index contributed by atoms with van der Waals surface area (Å²) in [5.41, 5.74) is 6.55. The van der Waals surface area contributed by atoms with Gasteiger partial charge in [0.05, 0.1) is 7.11 Å². The zero-order valence-electron chi connectivity index (χ0n) is 11.3. The first-order chi connectivity index (χ1) is 8.45. The molecule has 100 valence electrons. The largest absolute Gasteiger partial charge is 0.468 e. The molecule has 4 nitrogen and oxygen atoms in total. The highest BCUT2D eigenvalue weighted by Crippen LogP contribution is 2.07. The van der Waals surface area contributed by atoms with Gasteiger partial charge in [0.1, 0.15) is 6.04 Å². The number of methoxy groups -OCH3 is 1. The third kappa shape index (κ3) is 4.47. The number of hydrogen-bond donors (Lipinski definition) is 2. The normalized spacial score (nSPS) is 13.1. The minimum Gasteiger partial charge on any atom is -0.468 e. The van der Waals surface area contributed by atoms with Crippen molar-refractivity contribution >= 4 is 5.97 Å². The van der Waals surface area contributed by atoms with Crippen LogP contribution in [0.4, 0.5) is 0 Å². The number of hydrogen-bond acceptors (Lipinski definition) is 4. The van der Waals surface area contributed by atoms with Gasteiger partial charge >= 0.3 is 5.97 Å². The number of esters is 1. The number of rotatable bonds is 6. The van der Waals surface area contributed by atoms with Crippen LogP contribution in [0.2, 0.25) is 0 Å². The van der Waals surface area contributed by atoms with Crippen molar-refractivity contribution in [3.63, 3.8) is 0 Å². The number of benzene rings is 1. The molecule has 0 fully saturated rings. The number of ether oxygens (including phenoxy) is 1. The van der Waals surface area contributed by atoms with E-state index < -0.39 is 11.6 Å². The molecular weight excluding hydrogens is 228 g/mol. The van der Waals surface area contributed by atoms with Gasteiger partial charge in [-0.2, -0.15) is 0 Å². The third-order valence-electron chi connectivity index (χ3n) is 2.79. The van der Waals surface area contributed by atoms with Gasteiger partial charge in [0.15, 0.2) is 0 Å². The molecule has 0 spiro atoms. The van der Waals surface area contributed by atoms with E-state index in [-0.39, 0.29) is 5.97 Å². The van der Waals surface area contributed by atoms with E-state index in [1.807, 2.05) is 32.0 Å². The van der Waals surface area contributed by atoms with Crippen LogP contribution in [0.3, 0.4) is 0 Å². The quantitative estimate of drug-likeness (QED) is 0.742. The van der Waals surface area contributed by atoms with Crippen LogP contribution in [-0.2, 0) is 16.0 Å². The SMILES string of the molecule is COC(=O)[C@@H](NCCc1ccccc1)C(C)(C)N. The summed E-state index contributed by atoms with van der Waals surface area (Å²) in [4.78, 5) is 11.6. The smallest absolute Gasteiger partial charge is 0.324 e. The molecule has 0 amide bonds. The van der Waals surface area contributed by atoms with Crippen molar-refractivity contribution in [2.24, 2.45) is 5.73 Å². The van der Waals surface area contributed by atoms with Crippen LogP contribution in [0, 0.1) is 0 Å². The Morgan fingerprint density at radius 1 is 1.39 bits per heavy atom. The number of nitrogens with two attached hydrogens (primary N) is 1. The molecule has 0 saturated heterocycles. The van der Waals surface area contributed by atoms with Crippen molar-refractivity contribution < 1.29 is 9.53 Å². The third-order valence-corrected chi connectivity index (χ3v) is 2.79. The monoisotopic (exact) mass is 250 g/mol. The van der Waals surface area contributed by atoms with Crippen LogP contribution in [0.15, 0.2) is 30.3 Å². The maximum Gasteiger partial charge on any atom is 0.324 e. The highest BCUT2D eigenvalue weighted by Gasteiger charge is 2.32. The second-order valence-corrected chi connectivity index (χ2v) is 4.97. The lowest BCUT2D eigenvalue weighted by atomic mass is 9.95. The van der Waals surface area contributed by atoms with Gasteiger partial charge in [-0.25, -0.2) is 0 Å². The molecule has 0 aliphatic heterocycles. The van der Waals surface area contributed by atoms with E-state index in [9.17, 15) is 4.79 Å². The first-order valence-corrected chi connectivity index (χ1v) is 6.09. The summed E-state index contributed by atoms with van der Waals surface area (Å²) >= 11 is 0. The molecule has 18 heavy (non-hydrogen) atoms. The van der Waals surface area contributed by atoms with E-state index in [2.05, 4.69) is 17.4 Å². The standard InChI is InChI=1S/C14H22N2O2/c1-14(2,15)12(13(17)18-3)16-10-9-11-7-5-4-6-8-11/h4-8,12,16H,9-10,15H2,1-3H3/t12-/m1/s1. The first-order valence-electron chi connectivity index (χ1n) is 6.09. The average molecular weight is 250 g/mol. The molecule has 0 aliphatic rings. The van der Waals surface area contributed by atoms with Gasteiger partial charge in [-0.3, -0.25) is 4.79 Å². The van der Waals surface area contributed by atoms with E-state index in [0.29, 0.717) is 6.54 Å². The maximum atomic E-state index is 11.6. The highest BCUT2D eigenvalue weighted by atomic mass is 16.5. The van der Waals surface area contributed by atoms with Crippen molar-refractivity contribution in [1.82, 2.24) is 5.32 Å². The predicted octanol–water partition coefficient (Wildman–Crippen LogP) is 1.10. The van der Waals surface area contributed by atoms with Crippen LogP contribution < -0.4 is 11.1 Å². The van der Waals surface area contributed by atoms with Gasteiger partial charge in [-0.1, -0.05) is 30.3 Å². The lowest BCUT2D eigenvalue weighted by Gasteiger charge is -2.29. The van der Waals surface area contributed by atoms with Crippen LogP contribution >= 0.6 is 0 Å². The van der Waals surface area contributed by atoms with E-state index in [1.54, 1.807) is 0 Å². The molecule has 1 aromatic rings. The minimum absolute atomic E-state index is 0.324. The molecule has 1 rings (SSSR count). The molecule has 0 saturated carbocycles. The second-order valence-electron chi connectivity index (χ2n) is 4.97. The Kier molecular flexibility index (Phi) is 5.31. The minimum atomic E-state index is -0.649. The second kappa shape index (κ2) is 6.52. The molecule has 0 bridgehead atoms. The fourth-order valence-electron chi connectivity index (χ4n) is 1.77. The van der Waals surface area contributed by atoms with E-state index in [1.165, 1.54) is 12.7 Å². The van der Waals surface area contributed by atoms with Crippen molar-refractivity contribution in [2.45, 2.75) is 31.8 Å². The van der Waals surface area contributed by atoms with Gasteiger partial charge in [-0.15, -0.1) is 0 Å². The summed E-state index contributed by atoms with van der Waals surface area (Å²) in [6, 6.07) is 9.60. The van der Waals surface area contributed by atoms with E-state index in [0.717, 1.165) is 6.42 Å². The molecule has 0 unspecified atom stereocenters. The predicted molar refractivity (Wildman–Crippen MR) is 72.2 cm³/mol. The molecule has 3 N–H and O–H groups in total. The molecule has 0 aromatic heterocycles. The Morgan fingerprint density at radius 3 is 2.50 bits per heavy atom. The Labute approximate surface area is 109 Å².